The van der Waals surface area contributed by atoms with Gasteiger partial charge in [0.15, 0.2) is 11.3 Å². The number of hydrazone groups is 1. The quantitative estimate of drug-likeness (QED) is 0.894. The molecule has 136 valence electrons. The van der Waals surface area contributed by atoms with Crippen molar-refractivity contribution in [2.75, 3.05) is 5.75 Å². The predicted octanol–water partition coefficient (Wildman–Crippen LogP) is 2.31. The Morgan fingerprint density at radius 1 is 1.19 bits per heavy atom. The van der Waals surface area contributed by atoms with Crippen molar-refractivity contribution in [1.82, 2.24) is 10.3 Å². The van der Waals surface area contributed by atoms with Gasteiger partial charge in [-0.15, -0.1) is 5.10 Å². The number of benzene rings is 2. The van der Waals surface area contributed by atoms with Crippen LogP contribution in [0.1, 0.15) is 19.4 Å². The SMILES string of the molecule is CCSC1=NN2C(=c3ccccc3=NC2/C(C)=C/c2ccccc2)C(=O)N1. The molecule has 1 amide bonds. The van der Waals surface area contributed by atoms with Gasteiger partial charge in [-0.2, -0.15) is 0 Å². The van der Waals surface area contributed by atoms with Crippen molar-refractivity contribution in [2.45, 2.75) is 20.0 Å². The van der Waals surface area contributed by atoms with Crippen LogP contribution in [0, 0.1) is 0 Å². The van der Waals surface area contributed by atoms with E-state index in [0.717, 1.165) is 27.5 Å². The minimum absolute atomic E-state index is 0.138. The Morgan fingerprint density at radius 2 is 1.93 bits per heavy atom. The number of carbonyl (C=O) groups excluding carboxylic acids is 1. The third-order valence-corrected chi connectivity index (χ3v) is 5.14. The topological polar surface area (TPSA) is 57.1 Å². The molecule has 0 saturated heterocycles. The van der Waals surface area contributed by atoms with Crippen molar-refractivity contribution in [1.29, 1.82) is 0 Å². The van der Waals surface area contributed by atoms with Crippen LogP contribution in [-0.4, -0.2) is 28.0 Å². The van der Waals surface area contributed by atoms with Crippen LogP contribution >= 0.6 is 11.8 Å². The largest absolute Gasteiger partial charge is 0.298 e. The second kappa shape index (κ2) is 7.40. The van der Waals surface area contributed by atoms with Crippen molar-refractivity contribution < 1.29 is 4.79 Å². The fourth-order valence-corrected chi connectivity index (χ4v) is 3.80. The molecule has 1 atom stereocenters. The highest BCUT2D eigenvalue weighted by molar-refractivity contribution is 8.13. The zero-order valence-electron chi connectivity index (χ0n) is 15.2. The summed E-state index contributed by atoms with van der Waals surface area (Å²) in [5.74, 6) is 0.695. The average Bonchev–Trinajstić information content (AvgIpc) is 2.68. The Morgan fingerprint density at radius 3 is 2.70 bits per heavy atom. The van der Waals surface area contributed by atoms with E-state index in [2.05, 4.69) is 23.5 Å². The molecule has 0 aromatic heterocycles. The molecule has 5 nitrogen and oxygen atoms in total. The van der Waals surface area contributed by atoms with Gasteiger partial charge in [0, 0.05) is 5.22 Å². The molecule has 0 spiro atoms. The van der Waals surface area contributed by atoms with Gasteiger partial charge in [0.05, 0.1) is 5.36 Å². The molecule has 0 bridgehead atoms. The first-order valence-electron chi connectivity index (χ1n) is 8.90. The monoisotopic (exact) mass is 376 g/mol. The molecule has 0 radical (unpaired) electrons. The fourth-order valence-electron chi connectivity index (χ4n) is 3.21. The van der Waals surface area contributed by atoms with Gasteiger partial charge < -0.3 is 0 Å². The van der Waals surface area contributed by atoms with Gasteiger partial charge in [-0.1, -0.05) is 73.3 Å². The van der Waals surface area contributed by atoms with Crippen LogP contribution in [0.25, 0.3) is 11.8 Å². The van der Waals surface area contributed by atoms with E-state index in [1.54, 1.807) is 5.01 Å². The molecular weight excluding hydrogens is 356 g/mol. The second-order valence-electron chi connectivity index (χ2n) is 6.30. The van der Waals surface area contributed by atoms with E-state index >= 15 is 0 Å². The zero-order valence-corrected chi connectivity index (χ0v) is 16.0. The summed E-state index contributed by atoms with van der Waals surface area (Å²) >= 11 is 1.51. The lowest BCUT2D eigenvalue weighted by Gasteiger charge is -2.34. The molecule has 2 aliphatic rings. The van der Waals surface area contributed by atoms with E-state index in [1.807, 2.05) is 56.3 Å². The Balaban J connectivity index is 1.87. The van der Waals surface area contributed by atoms with Crippen LogP contribution in [0.2, 0.25) is 0 Å². The van der Waals surface area contributed by atoms with Gasteiger partial charge in [0.1, 0.15) is 5.70 Å². The number of amides is 1. The molecule has 2 aromatic carbocycles. The summed E-state index contributed by atoms with van der Waals surface area (Å²) in [5, 5.41) is 11.6. The lowest BCUT2D eigenvalue weighted by molar-refractivity contribution is -0.116. The van der Waals surface area contributed by atoms with Crippen molar-refractivity contribution in [3.8, 4) is 0 Å². The molecule has 2 aliphatic heterocycles. The molecule has 4 rings (SSSR count). The number of thioether (sulfide) groups is 1. The molecule has 0 aliphatic carbocycles. The number of carbonyl (C=O) groups is 1. The lowest BCUT2D eigenvalue weighted by Crippen LogP contribution is -2.52. The molecule has 2 heterocycles. The Hall–Kier alpha value is -2.86. The molecule has 1 N–H and O–H groups in total. The fraction of sp³-hybridized carbons (Fsp3) is 0.190. The minimum atomic E-state index is -0.353. The van der Waals surface area contributed by atoms with Crippen LogP contribution < -0.4 is 15.9 Å². The highest BCUT2D eigenvalue weighted by Crippen LogP contribution is 2.25. The van der Waals surface area contributed by atoms with Gasteiger partial charge in [0.25, 0.3) is 5.91 Å². The average molecular weight is 376 g/mol. The van der Waals surface area contributed by atoms with E-state index < -0.39 is 0 Å². The molecule has 0 saturated carbocycles. The zero-order chi connectivity index (χ0) is 18.8. The summed E-state index contributed by atoms with van der Waals surface area (Å²) in [7, 11) is 0. The van der Waals surface area contributed by atoms with Crippen LogP contribution in [0.5, 0.6) is 0 Å². The number of rotatable bonds is 3. The Labute approximate surface area is 162 Å². The van der Waals surface area contributed by atoms with E-state index in [1.165, 1.54) is 11.8 Å². The number of hydrogen-bond acceptors (Lipinski definition) is 5. The van der Waals surface area contributed by atoms with Crippen molar-refractivity contribution >= 4 is 34.6 Å². The normalized spacial score (nSPS) is 18.9. The summed E-state index contributed by atoms with van der Waals surface area (Å²) in [6.07, 6.45) is 1.74. The van der Waals surface area contributed by atoms with Gasteiger partial charge >= 0.3 is 0 Å². The first-order chi connectivity index (χ1) is 13.2. The number of para-hydroxylation sites is 1. The maximum absolute atomic E-state index is 12.9. The predicted molar refractivity (Wildman–Crippen MR) is 110 cm³/mol. The molecule has 6 heteroatoms. The number of hydrogen-bond donors (Lipinski definition) is 1. The second-order valence-corrected chi connectivity index (χ2v) is 7.56. The highest BCUT2D eigenvalue weighted by atomic mass is 32.2. The smallest absolute Gasteiger partial charge is 0.276 e. The van der Waals surface area contributed by atoms with E-state index in [-0.39, 0.29) is 12.1 Å². The van der Waals surface area contributed by atoms with Crippen LogP contribution in [-0.2, 0) is 4.79 Å². The highest BCUT2D eigenvalue weighted by Gasteiger charge is 2.34. The minimum Gasteiger partial charge on any atom is -0.298 e. The third kappa shape index (κ3) is 3.40. The number of fused-ring (bicyclic) bond motifs is 2. The van der Waals surface area contributed by atoms with Crippen molar-refractivity contribution in [3.63, 3.8) is 0 Å². The summed E-state index contributed by atoms with van der Waals surface area (Å²) in [6, 6.07) is 17.8. The molecule has 2 aromatic rings. The number of nitrogens with one attached hydrogen (secondary N) is 1. The molecule has 0 fully saturated rings. The Bertz CT molecular complexity index is 1060. The molecule has 1 unspecified atom stereocenters. The van der Waals surface area contributed by atoms with Crippen molar-refractivity contribution in [2.24, 2.45) is 10.1 Å². The van der Waals surface area contributed by atoms with Crippen LogP contribution in [0.4, 0.5) is 0 Å². The summed E-state index contributed by atoms with van der Waals surface area (Å²) in [5.41, 5.74) is 2.67. The molecule has 27 heavy (non-hydrogen) atoms. The maximum Gasteiger partial charge on any atom is 0.276 e. The van der Waals surface area contributed by atoms with Gasteiger partial charge in [-0.3, -0.25) is 15.1 Å². The van der Waals surface area contributed by atoms with Gasteiger partial charge in [0.2, 0.25) is 0 Å². The molecular formula is C21H20N4OS. The lowest BCUT2D eigenvalue weighted by atomic mass is 10.1. The summed E-state index contributed by atoms with van der Waals surface area (Å²) < 4.78 is 0. The first kappa shape index (κ1) is 17.5. The number of nitrogens with zero attached hydrogens (tertiary/aromatic N) is 3. The number of amidine groups is 1. The Kier molecular flexibility index (Phi) is 4.81. The van der Waals surface area contributed by atoms with Crippen LogP contribution in [0.15, 0.2) is 70.3 Å². The van der Waals surface area contributed by atoms with E-state index in [4.69, 9.17) is 10.1 Å². The van der Waals surface area contributed by atoms with E-state index in [9.17, 15) is 4.79 Å². The van der Waals surface area contributed by atoms with Crippen molar-refractivity contribution in [3.05, 3.63) is 76.3 Å². The van der Waals surface area contributed by atoms with Gasteiger partial charge in [-0.25, -0.2) is 5.01 Å². The summed E-state index contributed by atoms with van der Waals surface area (Å²) in [6.45, 7) is 4.06. The third-order valence-electron chi connectivity index (χ3n) is 4.40. The van der Waals surface area contributed by atoms with Crippen LogP contribution in [0.3, 0.4) is 0 Å². The van der Waals surface area contributed by atoms with Gasteiger partial charge in [-0.05, 0) is 29.9 Å². The standard InChI is InChI=1S/C21H20N4OS/c1-3-27-21-23-20(26)18-16-11-7-8-12-17(16)22-19(25(18)24-21)14(2)13-15-9-5-4-6-10-15/h4-13,19H,3H2,1-2H3,(H,23,24,26)/b14-13+. The maximum atomic E-state index is 12.9. The van der Waals surface area contributed by atoms with E-state index in [0.29, 0.717) is 10.9 Å². The summed E-state index contributed by atoms with van der Waals surface area (Å²) in [4.78, 5) is 17.8. The first-order valence-corrected chi connectivity index (χ1v) is 9.88.